The lowest BCUT2D eigenvalue weighted by molar-refractivity contribution is 0.182. The molecule has 0 heterocycles. The van der Waals surface area contributed by atoms with Gasteiger partial charge in [-0.05, 0) is 12.5 Å². The van der Waals surface area contributed by atoms with Gasteiger partial charge in [0.25, 0.3) is 0 Å². The molecule has 0 fully saturated rings. The summed E-state index contributed by atoms with van der Waals surface area (Å²) in [4.78, 5) is 0. The topological polar surface area (TPSA) is 73.3 Å². The maximum atomic E-state index is 14.0. The fraction of sp³-hybridized carbons (Fsp3) is 0.500. The minimum atomic E-state index is -0.619. The lowest BCUT2D eigenvalue weighted by Crippen LogP contribution is -2.26. The summed E-state index contributed by atoms with van der Waals surface area (Å²) in [7, 11) is 1.60. The van der Waals surface area contributed by atoms with E-state index in [0.29, 0.717) is 6.61 Å². The minimum absolute atomic E-state index is 0.0171. The van der Waals surface area contributed by atoms with Crippen molar-refractivity contribution in [2.45, 2.75) is 25.8 Å². The molecule has 5 N–H and O–H groups in total. The summed E-state index contributed by atoms with van der Waals surface area (Å²) >= 11 is 5.77. The van der Waals surface area contributed by atoms with Crippen molar-refractivity contribution >= 4 is 28.7 Å². The van der Waals surface area contributed by atoms with Crippen molar-refractivity contribution in [1.82, 2.24) is 0 Å². The van der Waals surface area contributed by atoms with Crippen molar-refractivity contribution in [3.05, 3.63) is 16.9 Å². The number of halogens is 2. The van der Waals surface area contributed by atoms with Crippen LogP contribution in [0.15, 0.2) is 6.07 Å². The quantitative estimate of drug-likeness (QED) is 0.698. The predicted molar refractivity (Wildman–Crippen MR) is 74.4 cm³/mol. The van der Waals surface area contributed by atoms with Crippen molar-refractivity contribution in [2.75, 3.05) is 30.5 Å². The van der Waals surface area contributed by atoms with Gasteiger partial charge in [0.1, 0.15) is 5.02 Å². The number of ether oxygens (including phenoxy) is 1. The monoisotopic (exact) mass is 275 g/mol. The van der Waals surface area contributed by atoms with E-state index in [0.717, 1.165) is 12.8 Å². The third kappa shape index (κ3) is 3.40. The molecule has 0 spiro atoms. The Morgan fingerprint density at radius 1 is 1.44 bits per heavy atom. The number of hydrogen-bond donors (Lipinski definition) is 3. The van der Waals surface area contributed by atoms with Crippen LogP contribution < -0.4 is 16.8 Å². The summed E-state index contributed by atoms with van der Waals surface area (Å²) in [6, 6.07) is 1.43. The van der Waals surface area contributed by atoms with Crippen LogP contribution >= 0.6 is 11.6 Å². The summed E-state index contributed by atoms with van der Waals surface area (Å²) in [5.41, 5.74) is 11.8. The highest BCUT2D eigenvalue weighted by atomic mass is 35.5. The van der Waals surface area contributed by atoms with Gasteiger partial charge in [-0.2, -0.15) is 0 Å². The van der Waals surface area contributed by atoms with Gasteiger partial charge in [0.15, 0.2) is 5.82 Å². The average Bonchev–Trinajstić information content (AvgIpc) is 2.32. The Labute approximate surface area is 111 Å². The van der Waals surface area contributed by atoms with E-state index >= 15 is 0 Å². The van der Waals surface area contributed by atoms with Crippen LogP contribution in [-0.2, 0) is 4.74 Å². The van der Waals surface area contributed by atoms with Crippen LogP contribution in [0.1, 0.15) is 19.8 Å². The Morgan fingerprint density at radius 3 is 2.67 bits per heavy atom. The predicted octanol–water partition coefficient (Wildman–Crippen LogP) is 2.87. The number of rotatable bonds is 6. The maximum absolute atomic E-state index is 14.0. The first-order valence-electron chi connectivity index (χ1n) is 5.79. The molecular weight excluding hydrogens is 257 g/mol. The summed E-state index contributed by atoms with van der Waals surface area (Å²) in [6.07, 6.45) is 1.79. The first-order valence-corrected chi connectivity index (χ1v) is 6.17. The number of hydrogen-bond acceptors (Lipinski definition) is 4. The molecule has 0 aliphatic heterocycles. The molecule has 0 aliphatic carbocycles. The molecule has 1 rings (SSSR count). The van der Waals surface area contributed by atoms with E-state index < -0.39 is 5.82 Å². The fourth-order valence-corrected chi connectivity index (χ4v) is 1.91. The molecular formula is C12H19ClFN3O. The van der Waals surface area contributed by atoms with E-state index in [1.54, 1.807) is 7.11 Å². The van der Waals surface area contributed by atoms with Gasteiger partial charge >= 0.3 is 0 Å². The second-order valence-corrected chi connectivity index (χ2v) is 4.52. The Hall–Kier alpha value is -1.20. The molecule has 1 atom stereocenters. The molecule has 1 unspecified atom stereocenters. The van der Waals surface area contributed by atoms with Gasteiger partial charge < -0.3 is 21.5 Å². The molecule has 0 aliphatic rings. The Bertz CT molecular complexity index is 409. The Balaban J connectivity index is 2.98. The van der Waals surface area contributed by atoms with E-state index in [2.05, 4.69) is 5.32 Å². The summed E-state index contributed by atoms with van der Waals surface area (Å²) < 4.78 is 19.0. The zero-order valence-corrected chi connectivity index (χ0v) is 11.4. The van der Waals surface area contributed by atoms with Gasteiger partial charge in [-0.25, -0.2) is 4.39 Å². The zero-order valence-electron chi connectivity index (χ0n) is 10.6. The lowest BCUT2D eigenvalue weighted by atomic mass is 10.1. The van der Waals surface area contributed by atoms with Gasteiger partial charge in [-0.1, -0.05) is 24.9 Å². The van der Waals surface area contributed by atoms with Gasteiger partial charge in [-0.15, -0.1) is 0 Å². The highest BCUT2D eigenvalue weighted by Gasteiger charge is 2.17. The van der Waals surface area contributed by atoms with E-state index in [4.69, 9.17) is 27.8 Å². The molecule has 6 heteroatoms. The molecule has 0 saturated heterocycles. The number of nitrogens with two attached hydrogens (primary N) is 2. The Morgan fingerprint density at radius 2 is 2.11 bits per heavy atom. The lowest BCUT2D eigenvalue weighted by Gasteiger charge is -2.21. The summed E-state index contributed by atoms with van der Waals surface area (Å²) in [5, 5.41) is 2.91. The van der Waals surface area contributed by atoms with Crippen LogP contribution in [-0.4, -0.2) is 19.8 Å². The first kappa shape index (κ1) is 14.9. The van der Waals surface area contributed by atoms with Gasteiger partial charge in [-0.3, -0.25) is 0 Å². The largest absolute Gasteiger partial charge is 0.397 e. The van der Waals surface area contributed by atoms with Crippen molar-refractivity contribution in [1.29, 1.82) is 0 Å². The number of anilines is 3. The highest BCUT2D eigenvalue weighted by molar-refractivity contribution is 6.33. The van der Waals surface area contributed by atoms with E-state index in [-0.39, 0.29) is 28.1 Å². The van der Waals surface area contributed by atoms with E-state index in [1.807, 2.05) is 6.92 Å². The van der Waals surface area contributed by atoms with Crippen LogP contribution in [0.25, 0.3) is 0 Å². The van der Waals surface area contributed by atoms with E-state index in [9.17, 15) is 4.39 Å². The number of nitrogens with one attached hydrogen (secondary N) is 1. The van der Waals surface area contributed by atoms with Crippen molar-refractivity contribution in [2.24, 2.45) is 0 Å². The van der Waals surface area contributed by atoms with Crippen LogP contribution in [0.5, 0.6) is 0 Å². The molecule has 0 aromatic heterocycles. The average molecular weight is 276 g/mol. The van der Waals surface area contributed by atoms with Gasteiger partial charge in [0.05, 0.1) is 23.7 Å². The highest BCUT2D eigenvalue weighted by Crippen LogP contribution is 2.34. The van der Waals surface area contributed by atoms with Crippen LogP contribution in [0, 0.1) is 5.82 Å². The van der Waals surface area contributed by atoms with Crippen LogP contribution in [0.2, 0.25) is 5.02 Å². The van der Waals surface area contributed by atoms with E-state index in [1.165, 1.54) is 6.07 Å². The van der Waals surface area contributed by atoms with Crippen molar-refractivity contribution < 1.29 is 9.13 Å². The van der Waals surface area contributed by atoms with Crippen molar-refractivity contribution in [3.63, 3.8) is 0 Å². The van der Waals surface area contributed by atoms with Gasteiger partial charge in [0, 0.05) is 13.2 Å². The standard InChI is InChI=1S/C12H19ClFN3O/c1-3-4-7(6-18-2)17-12-9(16)5-8(15)10(13)11(12)14/h5,7,17H,3-4,6,15-16H2,1-2H3. The number of nitrogen functional groups attached to an aromatic ring is 2. The molecule has 0 saturated carbocycles. The normalized spacial score (nSPS) is 12.4. The molecule has 4 nitrogen and oxygen atoms in total. The molecule has 18 heavy (non-hydrogen) atoms. The smallest absolute Gasteiger partial charge is 0.169 e. The summed E-state index contributed by atoms with van der Waals surface area (Å²) in [6.45, 7) is 2.51. The molecule has 0 amide bonds. The molecule has 1 aromatic carbocycles. The fourth-order valence-electron chi connectivity index (χ4n) is 1.76. The third-order valence-corrected chi connectivity index (χ3v) is 3.00. The summed E-state index contributed by atoms with van der Waals surface area (Å²) in [5.74, 6) is -0.619. The SMILES string of the molecule is CCCC(COC)Nc1c(N)cc(N)c(Cl)c1F. The zero-order chi connectivity index (χ0) is 13.7. The molecule has 1 aromatic rings. The minimum Gasteiger partial charge on any atom is -0.397 e. The van der Waals surface area contributed by atoms with Crippen LogP contribution in [0.4, 0.5) is 21.5 Å². The second-order valence-electron chi connectivity index (χ2n) is 4.14. The molecule has 0 radical (unpaired) electrons. The van der Waals surface area contributed by atoms with Gasteiger partial charge in [0.2, 0.25) is 0 Å². The first-order chi connectivity index (χ1) is 8.51. The Kier molecular flexibility index (Phi) is 5.50. The number of methoxy groups -OCH3 is 1. The van der Waals surface area contributed by atoms with Crippen LogP contribution in [0.3, 0.4) is 0 Å². The second kappa shape index (κ2) is 6.66. The maximum Gasteiger partial charge on any atom is 0.169 e. The molecule has 0 bridgehead atoms. The number of benzene rings is 1. The molecule has 102 valence electrons. The third-order valence-electron chi connectivity index (χ3n) is 2.62. The van der Waals surface area contributed by atoms with Crippen molar-refractivity contribution in [3.8, 4) is 0 Å².